The molecule has 7 heteroatoms. The summed E-state index contributed by atoms with van der Waals surface area (Å²) < 4.78 is 12.9. The molecule has 0 rings (SSSR count). The van der Waals surface area contributed by atoms with Crippen LogP contribution in [0.5, 0.6) is 0 Å². The highest BCUT2D eigenvalue weighted by molar-refractivity contribution is 7.16. The number of carbonyl (C=O) groups excluding carboxylic acids is 1. The molecule has 0 amide bonds. The lowest BCUT2D eigenvalue weighted by Gasteiger charge is -1.96. The Bertz CT molecular complexity index is 231. The molecule has 0 atom stereocenters. The molecule has 78 valence electrons. The minimum atomic E-state index is -1.03. The van der Waals surface area contributed by atoms with Crippen LogP contribution in [0.1, 0.15) is 12.8 Å². The van der Waals surface area contributed by atoms with Gasteiger partial charge in [0, 0.05) is 0 Å². The zero-order valence-electron chi connectivity index (χ0n) is 7.17. The van der Waals surface area contributed by atoms with E-state index in [2.05, 4.69) is 10.7 Å². The van der Waals surface area contributed by atoms with Crippen LogP contribution in [0.2, 0.25) is 0 Å². The molecule has 0 aromatic rings. The van der Waals surface area contributed by atoms with E-state index in [1.807, 2.05) is 0 Å². The number of aliphatic carboxylic acids is 1. The van der Waals surface area contributed by atoms with Crippen LogP contribution in [0.15, 0.2) is 0 Å². The molecule has 0 aromatic carbocycles. The van der Waals surface area contributed by atoms with Gasteiger partial charge in [0.15, 0.2) is 6.61 Å². The predicted molar refractivity (Wildman–Crippen MR) is 46.5 cm³/mol. The molecule has 0 spiro atoms. The number of carboxylic acids is 1. The zero-order chi connectivity index (χ0) is 11.4. The Morgan fingerprint density at radius 2 is 1.93 bits per heavy atom. The van der Waals surface area contributed by atoms with Gasteiger partial charge in [-0.25, -0.2) is 4.57 Å². The topological polar surface area (TPSA) is 101 Å². The van der Waals surface area contributed by atoms with Crippen molar-refractivity contribution < 1.29 is 28.9 Å². The number of hydrogen-bond donors (Lipinski definition) is 2. The van der Waals surface area contributed by atoms with Gasteiger partial charge in [-0.1, -0.05) is 5.92 Å². The van der Waals surface area contributed by atoms with Crippen molar-refractivity contribution in [2.45, 2.75) is 12.8 Å². The minimum absolute atomic E-state index is 0.0988. The number of carbonyl (C=O) groups is 2. The standard InChI is InChI=1S/C7H8O4.HO2P/c1-2-5-11-7(10)4-3-6(8)9;1-3-2/h1H,3-5H2,(H,8,9);(H,1,2). The van der Waals surface area contributed by atoms with Gasteiger partial charge in [-0.2, -0.15) is 0 Å². The molecule has 14 heavy (non-hydrogen) atoms. The van der Waals surface area contributed by atoms with E-state index in [-0.39, 0.29) is 19.4 Å². The van der Waals surface area contributed by atoms with E-state index in [0.717, 1.165) is 0 Å². The summed E-state index contributed by atoms with van der Waals surface area (Å²) in [5.41, 5.74) is 0. The summed E-state index contributed by atoms with van der Waals surface area (Å²) in [6.07, 6.45) is 4.44. The van der Waals surface area contributed by atoms with Gasteiger partial charge in [-0.15, -0.1) is 6.42 Å². The van der Waals surface area contributed by atoms with Crippen LogP contribution < -0.4 is 0 Å². The summed E-state index contributed by atoms with van der Waals surface area (Å²) in [6.45, 7) is -0.0988. The molecule has 0 saturated heterocycles. The SMILES string of the molecule is C#CCOC(=O)CCC(=O)O.O=PO. The maximum absolute atomic E-state index is 10.5. The first kappa shape index (κ1) is 15.1. The van der Waals surface area contributed by atoms with Gasteiger partial charge < -0.3 is 14.7 Å². The Morgan fingerprint density at radius 1 is 1.43 bits per heavy atom. The zero-order valence-corrected chi connectivity index (χ0v) is 8.07. The van der Waals surface area contributed by atoms with Crippen LogP contribution in [0.4, 0.5) is 0 Å². The summed E-state index contributed by atoms with van der Waals surface area (Å²) in [7, 11) is -0.833. The van der Waals surface area contributed by atoms with Crippen LogP contribution in [0, 0.1) is 12.3 Å². The molecular weight excluding hydrogens is 211 g/mol. The highest BCUT2D eigenvalue weighted by Crippen LogP contribution is 1.91. The van der Waals surface area contributed by atoms with Crippen LogP contribution in [0.3, 0.4) is 0 Å². The van der Waals surface area contributed by atoms with Gasteiger partial charge in [0.1, 0.15) is 0 Å². The number of carboxylic acid groups (broad SMARTS) is 1. The molecule has 0 bridgehead atoms. The van der Waals surface area contributed by atoms with E-state index in [9.17, 15) is 9.59 Å². The first-order chi connectivity index (χ1) is 6.58. The fourth-order valence-corrected chi connectivity index (χ4v) is 0.403. The maximum Gasteiger partial charge on any atom is 0.324 e. The third-order valence-electron chi connectivity index (χ3n) is 0.859. The number of terminal acetylenes is 1. The molecule has 0 fully saturated rings. The molecule has 0 aromatic heterocycles. The fourth-order valence-electron chi connectivity index (χ4n) is 0.403. The number of hydrogen-bond acceptors (Lipinski definition) is 4. The third kappa shape index (κ3) is 16.9. The maximum atomic E-state index is 10.5. The molecule has 0 aliphatic carbocycles. The first-order valence-electron chi connectivity index (χ1n) is 3.36. The molecule has 0 radical (unpaired) electrons. The average Bonchev–Trinajstić information content (AvgIpc) is 2.12. The van der Waals surface area contributed by atoms with Crippen molar-refractivity contribution in [1.29, 1.82) is 0 Å². The van der Waals surface area contributed by atoms with Gasteiger partial charge in [-0.05, 0) is 0 Å². The molecule has 0 saturated carbocycles. The molecule has 0 aliphatic rings. The number of esters is 1. The van der Waals surface area contributed by atoms with Crippen LogP contribution >= 0.6 is 8.69 Å². The average molecular weight is 220 g/mol. The highest BCUT2D eigenvalue weighted by Gasteiger charge is 2.04. The van der Waals surface area contributed by atoms with E-state index < -0.39 is 20.6 Å². The number of rotatable bonds is 4. The quantitative estimate of drug-likeness (QED) is 0.399. The van der Waals surface area contributed by atoms with E-state index in [1.54, 1.807) is 0 Å². The van der Waals surface area contributed by atoms with Gasteiger partial charge in [0.2, 0.25) is 0 Å². The molecule has 0 heterocycles. The van der Waals surface area contributed by atoms with Crippen LogP contribution in [0.25, 0.3) is 0 Å². The van der Waals surface area contributed by atoms with E-state index in [1.165, 1.54) is 0 Å². The minimum Gasteiger partial charge on any atom is -0.481 e. The van der Waals surface area contributed by atoms with Gasteiger partial charge >= 0.3 is 20.6 Å². The second-order valence-electron chi connectivity index (χ2n) is 1.84. The van der Waals surface area contributed by atoms with Crippen molar-refractivity contribution >= 4 is 20.6 Å². The Labute approximate surface area is 82.2 Å². The summed E-state index contributed by atoms with van der Waals surface area (Å²) in [6, 6.07) is 0. The van der Waals surface area contributed by atoms with Gasteiger partial charge in [-0.3, -0.25) is 9.59 Å². The van der Waals surface area contributed by atoms with Crippen LogP contribution in [-0.2, 0) is 18.9 Å². The second-order valence-corrected chi connectivity index (χ2v) is 2.00. The van der Waals surface area contributed by atoms with E-state index in [4.69, 9.17) is 21.0 Å². The lowest BCUT2D eigenvalue weighted by Crippen LogP contribution is -2.07. The summed E-state index contributed by atoms with van der Waals surface area (Å²) in [4.78, 5) is 27.4. The summed E-state index contributed by atoms with van der Waals surface area (Å²) in [5.74, 6) is 0.492. The van der Waals surface area contributed by atoms with Gasteiger partial charge in [0.05, 0.1) is 12.8 Å². The Hall–Kier alpha value is -1.44. The molecule has 0 unspecified atom stereocenters. The van der Waals surface area contributed by atoms with Crippen molar-refractivity contribution in [3.8, 4) is 12.3 Å². The summed E-state index contributed by atoms with van der Waals surface area (Å²) in [5, 5.41) is 8.14. The smallest absolute Gasteiger partial charge is 0.324 e. The second kappa shape index (κ2) is 11.6. The third-order valence-corrected chi connectivity index (χ3v) is 0.859. The van der Waals surface area contributed by atoms with Crippen molar-refractivity contribution in [2.75, 3.05) is 6.61 Å². The van der Waals surface area contributed by atoms with Crippen molar-refractivity contribution in [3.05, 3.63) is 0 Å². The largest absolute Gasteiger partial charge is 0.481 e. The Kier molecular flexibility index (Phi) is 12.4. The van der Waals surface area contributed by atoms with Gasteiger partial charge in [0.25, 0.3) is 0 Å². The first-order valence-corrected chi connectivity index (χ1v) is 4.12. The molecular formula is C7H9O6P. The Morgan fingerprint density at radius 3 is 2.29 bits per heavy atom. The summed E-state index contributed by atoms with van der Waals surface area (Å²) >= 11 is 0. The molecule has 2 N–H and O–H groups in total. The molecule has 0 aliphatic heterocycles. The van der Waals surface area contributed by atoms with Crippen molar-refractivity contribution in [3.63, 3.8) is 0 Å². The predicted octanol–water partition coefficient (Wildman–Crippen LogP) is 0.213. The molecule has 6 nitrogen and oxygen atoms in total. The van der Waals surface area contributed by atoms with Crippen molar-refractivity contribution in [1.82, 2.24) is 0 Å². The Balaban J connectivity index is 0. The van der Waals surface area contributed by atoms with Crippen molar-refractivity contribution in [2.24, 2.45) is 0 Å². The highest BCUT2D eigenvalue weighted by atomic mass is 31.1. The lowest BCUT2D eigenvalue weighted by molar-refractivity contribution is -0.146. The normalized spacial score (nSPS) is 8.00. The monoisotopic (exact) mass is 220 g/mol. The lowest BCUT2D eigenvalue weighted by atomic mass is 10.3. The van der Waals surface area contributed by atoms with E-state index >= 15 is 0 Å². The van der Waals surface area contributed by atoms with Crippen LogP contribution in [-0.4, -0.2) is 28.5 Å². The van der Waals surface area contributed by atoms with E-state index in [0.29, 0.717) is 0 Å². The number of ether oxygens (including phenoxy) is 1. The fraction of sp³-hybridized carbons (Fsp3) is 0.429.